The topological polar surface area (TPSA) is 55.1 Å². The van der Waals surface area contributed by atoms with Crippen LogP contribution in [0.15, 0.2) is 16.9 Å². The molecule has 1 aromatic heterocycles. The molecule has 0 unspecified atom stereocenters. The number of alkyl halides is 1. The Kier molecular flexibility index (Phi) is 2.92. The quantitative estimate of drug-likeness (QED) is 0.702. The standard InChI is InChI=1S/C6H7ClN2O2/c7-3-1-6(10)8-5-2-4-11-9-5/h2,4H,1,3H2,(H,8,9,10). The van der Waals surface area contributed by atoms with Gasteiger partial charge in [-0.15, -0.1) is 11.6 Å². The molecule has 1 heterocycles. The Bertz CT molecular complexity index is 222. The van der Waals surface area contributed by atoms with Crippen LogP contribution in [-0.2, 0) is 4.79 Å². The Hall–Kier alpha value is -1.03. The Morgan fingerprint density at radius 2 is 2.64 bits per heavy atom. The van der Waals surface area contributed by atoms with E-state index in [2.05, 4.69) is 15.0 Å². The zero-order chi connectivity index (χ0) is 8.10. The summed E-state index contributed by atoms with van der Waals surface area (Å²) in [5.41, 5.74) is 0. The van der Waals surface area contributed by atoms with Crippen molar-refractivity contribution in [2.45, 2.75) is 6.42 Å². The Balaban J connectivity index is 2.37. The van der Waals surface area contributed by atoms with E-state index in [1.165, 1.54) is 6.26 Å². The molecular formula is C6H7ClN2O2. The predicted octanol–water partition coefficient (Wildman–Crippen LogP) is 1.24. The van der Waals surface area contributed by atoms with Gasteiger partial charge in [-0.25, -0.2) is 0 Å². The lowest BCUT2D eigenvalue weighted by molar-refractivity contribution is -0.115. The molecule has 0 saturated carbocycles. The molecule has 0 aliphatic carbocycles. The molecule has 0 atom stereocenters. The molecule has 1 N–H and O–H groups in total. The molecule has 4 nitrogen and oxygen atoms in total. The van der Waals surface area contributed by atoms with Crippen LogP contribution in [0.5, 0.6) is 0 Å². The molecule has 0 radical (unpaired) electrons. The summed E-state index contributed by atoms with van der Waals surface area (Å²) >= 11 is 5.33. The van der Waals surface area contributed by atoms with E-state index in [4.69, 9.17) is 11.6 Å². The van der Waals surface area contributed by atoms with Gasteiger partial charge in [0.2, 0.25) is 5.91 Å². The fourth-order valence-electron chi connectivity index (χ4n) is 0.568. The van der Waals surface area contributed by atoms with E-state index in [9.17, 15) is 4.79 Å². The summed E-state index contributed by atoms with van der Waals surface area (Å²) in [6.45, 7) is 0. The number of anilines is 1. The fraction of sp³-hybridized carbons (Fsp3) is 0.333. The minimum Gasteiger partial charge on any atom is -0.363 e. The number of carbonyl (C=O) groups is 1. The van der Waals surface area contributed by atoms with Gasteiger partial charge in [-0.3, -0.25) is 4.79 Å². The highest BCUT2D eigenvalue weighted by atomic mass is 35.5. The van der Waals surface area contributed by atoms with Crippen LogP contribution in [-0.4, -0.2) is 16.9 Å². The number of carbonyl (C=O) groups excluding carboxylic acids is 1. The first-order valence-corrected chi connectivity index (χ1v) is 3.62. The summed E-state index contributed by atoms with van der Waals surface area (Å²) in [4.78, 5) is 10.8. The van der Waals surface area contributed by atoms with E-state index in [-0.39, 0.29) is 12.3 Å². The van der Waals surface area contributed by atoms with Gasteiger partial charge in [-0.2, -0.15) is 0 Å². The van der Waals surface area contributed by atoms with Crippen molar-refractivity contribution in [3.8, 4) is 0 Å². The van der Waals surface area contributed by atoms with Crippen molar-refractivity contribution >= 4 is 23.3 Å². The SMILES string of the molecule is O=C(CCCl)Nc1ccon1. The van der Waals surface area contributed by atoms with Crippen molar-refractivity contribution in [2.24, 2.45) is 0 Å². The number of halogens is 1. The molecule has 1 rings (SSSR count). The Morgan fingerprint density at radius 1 is 1.82 bits per heavy atom. The van der Waals surface area contributed by atoms with Crippen LogP contribution in [0.25, 0.3) is 0 Å². The fourth-order valence-corrected chi connectivity index (χ4v) is 0.740. The first-order chi connectivity index (χ1) is 5.33. The van der Waals surface area contributed by atoms with Crippen LogP contribution < -0.4 is 5.32 Å². The number of hydrogen-bond acceptors (Lipinski definition) is 3. The molecule has 0 aliphatic rings. The number of aromatic nitrogens is 1. The lowest BCUT2D eigenvalue weighted by Crippen LogP contribution is -2.11. The Morgan fingerprint density at radius 3 is 3.18 bits per heavy atom. The van der Waals surface area contributed by atoms with Gasteiger partial charge in [-0.05, 0) is 0 Å². The van der Waals surface area contributed by atoms with E-state index in [0.717, 1.165) is 0 Å². The second kappa shape index (κ2) is 3.98. The molecule has 0 aliphatic heterocycles. The first kappa shape index (κ1) is 8.07. The average molecular weight is 175 g/mol. The highest BCUT2D eigenvalue weighted by Gasteiger charge is 2.01. The van der Waals surface area contributed by atoms with Gasteiger partial charge in [0.05, 0.1) is 0 Å². The lowest BCUT2D eigenvalue weighted by atomic mass is 10.4. The van der Waals surface area contributed by atoms with Crippen LogP contribution in [0.4, 0.5) is 5.82 Å². The van der Waals surface area contributed by atoms with Crippen molar-refractivity contribution in [1.82, 2.24) is 5.16 Å². The molecule has 0 aromatic carbocycles. The summed E-state index contributed by atoms with van der Waals surface area (Å²) < 4.78 is 4.50. The molecule has 60 valence electrons. The third-order valence-corrected chi connectivity index (χ3v) is 1.22. The van der Waals surface area contributed by atoms with Crippen LogP contribution in [0, 0.1) is 0 Å². The molecule has 11 heavy (non-hydrogen) atoms. The monoisotopic (exact) mass is 174 g/mol. The molecule has 0 saturated heterocycles. The van der Waals surface area contributed by atoms with E-state index in [1.807, 2.05) is 0 Å². The van der Waals surface area contributed by atoms with E-state index < -0.39 is 0 Å². The van der Waals surface area contributed by atoms with Crippen molar-refractivity contribution in [3.63, 3.8) is 0 Å². The summed E-state index contributed by atoms with van der Waals surface area (Å²) in [6.07, 6.45) is 1.67. The maximum atomic E-state index is 10.8. The summed E-state index contributed by atoms with van der Waals surface area (Å²) in [6, 6.07) is 1.56. The average Bonchev–Trinajstić information content (AvgIpc) is 2.40. The number of amides is 1. The smallest absolute Gasteiger partial charge is 0.226 e. The van der Waals surface area contributed by atoms with Crippen molar-refractivity contribution < 1.29 is 9.32 Å². The second-order valence-electron chi connectivity index (χ2n) is 1.87. The molecular weight excluding hydrogens is 168 g/mol. The molecule has 1 amide bonds. The Labute approximate surface area is 68.5 Å². The molecule has 1 aromatic rings. The van der Waals surface area contributed by atoms with Crippen molar-refractivity contribution in [3.05, 3.63) is 12.3 Å². The molecule has 5 heteroatoms. The minimum atomic E-state index is -0.158. The normalized spacial score (nSPS) is 9.55. The van der Waals surface area contributed by atoms with Crippen LogP contribution in [0.3, 0.4) is 0 Å². The second-order valence-corrected chi connectivity index (χ2v) is 2.25. The zero-order valence-electron chi connectivity index (χ0n) is 5.71. The number of nitrogens with zero attached hydrogens (tertiary/aromatic N) is 1. The van der Waals surface area contributed by atoms with E-state index in [0.29, 0.717) is 11.7 Å². The third-order valence-electron chi connectivity index (χ3n) is 1.03. The largest absolute Gasteiger partial charge is 0.363 e. The summed E-state index contributed by atoms with van der Waals surface area (Å²) in [7, 11) is 0. The van der Waals surface area contributed by atoms with Crippen LogP contribution >= 0.6 is 11.6 Å². The zero-order valence-corrected chi connectivity index (χ0v) is 6.47. The molecule has 0 spiro atoms. The van der Waals surface area contributed by atoms with E-state index >= 15 is 0 Å². The summed E-state index contributed by atoms with van der Waals surface area (Å²) in [5.74, 6) is 0.568. The van der Waals surface area contributed by atoms with Gasteiger partial charge >= 0.3 is 0 Å². The van der Waals surface area contributed by atoms with Gasteiger partial charge in [0.25, 0.3) is 0 Å². The number of rotatable bonds is 3. The summed E-state index contributed by atoms with van der Waals surface area (Å²) in [5, 5.41) is 5.98. The number of nitrogens with one attached hydrogen (secondary N) is 1. The van der Waals surface area contributed by atoms with Gasteiger partial charge < -0.3 is 9.84 Å². The van der Waals surface area contributed by atoms with E-state index in [1.54, 1.807) is 6.07 Å². The van der Waals surface area contributed by atoms with Crippen molar-refractivity contribution in [2.75, 3.05) is 11.2 Å². The molecule has 0 bridgehead atoms. The highest BCUT2D eigenvalue weighted by Crippen LogP contribution is 2.01. The maximum Gasteiger partial charge on any atom is 0.226 e. The third kappa shape index (κ3) is 2.59. The first-order valence-electron chi connectivity index (χ1n) is 3.09. The lowest BCUT2D eigenvalue weighted by Gasteiger charge is -1.95. The van der Waals surface area contributed by atoms with Gasteiger partial charge in [0.1, 0.15) is 6.26 Å². The van der Waals surface area contributed by atoms with Gasteiger partial charge in [0, 0.05) is 18.4 Å². The molecule has 0 fully saturated rings. The van der Waals surface area contributed by atoms with Gasteiger partial charge in [-0.1, -0.05) is 5.16 Å². The number of hydrogen-bond donors (Lipinski definition) is 1. The predicted molar refractivity (Wildman–Crippen MR) is 40.5 cm³/mol. The maximum absolute atomic E-state index is 10.8. The minimum absolute atomic E-state index is 0.158. The van der Waals surface area contributed by atoms with Crippen LogP contribution in [0.2, 0.25) is 0 Å². The van der Waals surface area contributed by atoms with Crippen molar-refractivity contribution in [1.29, 1.82) is 0 Å². The van der Waals surface area contributed by atoms with Crippen LogP contribution in [0.1, 0.15) is 6.42 Å². The van der Waals surface area contributed by atoms with Gasteiger partial charge in [0.15, 0.2) is 5.82 Å². The highest BCUT2D eigenvalue weighted by molar-refractivity contribution is 6.19.